The van der Waals surface area contributed by atoms with Crippen LogP contribution in [0.25, 0.3) is 0 Å². The molecule has 1 saturated heterocycles. The minimum atomic E-state index is -0.633. The molecule has 1 N–H and O–H groups in total. The van der Waals surface area contributed by atoms with Crippen LogP contribution in [0.5, 0.6) is 0 Å². The van der Waals surface area contributed by atoms with E-state index in [0.717, 1.165) is 13.1 Å². The lowest BCUT2D eigenvalue weighted by Gasteiger charge is -2.38. The van der Waals surface area contributed by atoms with E-state index in [4.69, 9.17) is 0 Å². The van der Waals surface area contributed by atoms with Crippen molar-refractivity contribution in [3.05, 3.63) is 12.7 Å². The van der Waals surface area contributed by atoms with Crippen LogP contribution >= 0.6 is 0 Å². The van der Waals surface area contributed by atoms with E-state index in [1.165, 1.54) is 25.7 Å². The van der Waals surface area contributed by atoms with Crippen molar-refractivity contribution >= 4 is 0 Å². The smallest absolute Gasteiger partial charge is 0.0805 e. The first kappa shape index (κ1) is 12.7. The fourth-order valence-corrected chi connectivity index (χ4v) is 2.34. The quantitative estimate of drug-likeness (QED) is 0.722. The van der Waals surface area contributed by atoms with Gasteiger partial charge in [0.1, 0.15) is 0 Å². The van der Waals surface area contributed by atoms with Gasteiger partial charge in [0.05, 0.1) is 5.60 Å². The molecule has 0 amide bonds. The highest BCUT2D eigenvalue weighted by molar-refractivity contribution is 4.92. The largest absolute Gasteiger partial charge is 0.388 e. The average Bonchev–Trinajstić information content (AvgIpc) is 2.44. The van der Waals surface area contributed by atoms with Gasteiger partial charge < -0.3 is 5.11 Å². The molecule has 0 unspecified atom stereocenters. The van der Waals surface area contributed by atoms with Crippen molar-refractivity contribution in [1.29, 1.82) is 0 Å². The number of hydrogen-bond donors (Lipinski definition) is 1. The maximum Gasteiger partial charge on any atom is 0.0805 e. The normalized spacial score (nSPS) is 25.3. The zero-order valence-electron chi connectivity index (χ0n) is 10.2. The van der Waals surface area contributed by atoms with Gasteiger partial charge in [0.25, 0.3) is 0 Å². The number of aliphatic hydroxyl groups is 1. The topological polar surface area (TPSA) is 23.5 Å². The van der Waals surface area contributed by atoms with E-state index in [0.29, 0.717) is 6.42 Å². The summed E-state index contributed by atoms with van der Waals surface area (Å²) in [6, 6.07) is 0.230. The van der Waals surface area contributed by atoms with Gasteiger partial charge in [-0.15, -0.1) is 6.58 Å². The summed E-state index contributed by atoms with van der Waals surface area (Å²) in [6.07, 6.45) is 7.71. The molecule has 0 bridgehead atoms. The minimum Gasteiger partial charge on any atom is -0.388 e. The molecule has 0 saturated carbocycles. The Kier molecular flexibility index (Phi) is 4.81. The maximum absolute atomic E-state index is 10.3. The standard InChI is InChI=1S/C13H25NO/c1-4-9-13(3,15)12(2)14-10-7-5-6-8-11-14/h4,12,15H,1,5-11H2,2-3H3/t12-,13+/m1/s1. The lowest BCUT2D eigenvalue weighted by atomic mass is 9.92. The Bertz CT molecular complexity index is 193. The maximum atomic E-state index is 10.3. The van der Waals surface area contributed by atoms with Gasteiger partial charge in [0, 0.05) is 6.04 Å². The molecule has 15 heavy (non-hydrogen) atoms. The Morgan fingerprint density at radius 2 is 1.87 bits per heavy atom. The van der Waals surface area contributed by atoms with Crippen LogP contribution in [0.4, 0.5) is 0 Å². The third-order valence-electron chi connectivity index (χ3n) is 3.65. The molecule has 1 rings (SSSR count). The number of hydrogen-bond acceptors (Lipinski definition) is 2. The molecule has 2 nitrogen and oxygen atoms in total. The second-order valence-electron chi connectivity index (χ2n) is 4.98. The van der Waals surface area contributed by atoms with Crippen LogP contribution < -0.4 is 0 Å². The highest BCUT2D eigenvalue weighted by Crippen LogP contribution is 2.23. The molecule has 2 heteroatoms. The first-order valence-electron chi connectivity index (χ1n) is 6.15. The summed E-state index contributed by atoms with van der Waals surface area (Å²) in [5, 5.41) is 10.3. The summed E-state index contributed by atoms with van der Waals surface area (Å²) in [5.41, 5.74) is -0.633. The summed E-state index contributed by atoms with van der Waals surface area (Å²) in [7, 11) is 0. The Hall–Kier alpha value is -0.340. The summed E-state index contributed by atoms with van der Waals surface area (Å²) in [6.45, 7) is 10.0. The first-order chi connectivity index (χ1) is 7.08. The zero-order valence-corrected chi connectivity index (χ0v) is 10.2. The molecule has 1 aliphatic rings. The van der Waals surface area contributed by atoms with Crippen molar-refractivity contribution in [2.45, 2.75) is 57.6 Å². The van der Waals surface area contributed by atoms with Crippen molar-refractivity contribution in [1.82, 2.24) is 4.90 Å². The van der Waals surface area contributed by atoms with E-state index >= 15 is 0 Å². The highest BCUT2D eigenvalue weighted by Gasteiger charge is 2.31. The number of likely N-dealkylation sites (tertiary alicyclic amines) is 1. The molecule has 1 fully saturated rings. The van der Waals surface area contributed by atoms with Crippen molar-refractivity contribution < 1.29 is 5.11 Å². The fraction of sp³-hybridized carbons (Fsp3) is 0.846. The highest BCUT2D eigenvalue weighted by atomic mass is 16.3. The lowest BCUT2D eigenvalue weighted by molar-refractivity contribution is -0.0230. The van der Waals surface area contributed by atoms with Gasteiger partial charge in [-0.05, 0) is 46.2 Å². The van der Waals surface area contributed by atoms with Crippen molar-refractivity contribution in [3.8, 4) is 0 Å². The molecule has 0 aromatic rings. The molecule has 0 aliphatic carbocycles. The molecule has 1 heterocycles. The second kappa shape index (κ2) is 5.66. The fourth-order valence-electron chi connectivity index (χ4n) is 2.34. The molecular formula is C13H25NO. The monoisotopic (exact) mass is 211 g/mol. The van der Waals surface area contributed by atoms with Crippen LogP contribution in [0.2, 0.25) is 0 Å². The van der Waals surface area contributed by atoms with Gasteiger partial charge in [-0.25, -0.2) is 0 Å². The average molecular weight is 211 g/mol. The molecule has 0 aromatic carbocycles. The molecule has 2 atom stereocenters. The molecule has 1 aliphatic heterocycles. The van der Waals surface area contributed by atoms with Crippen molar-refractivity contribution in [2.24, 2.45) is 0 Å². The van der Waals surface area contributed by atoms with Crippen molar-refractivity contribution in [3.63, 3.8) is 0 Å². The third kappa shape index (κ3) is 3.62. The lowest BCUT2D eigenvalue weighted by Crippen LogP contribution is -2.49. The predicted octanol–water partition coefficient (Wildman–Crippen LogP) is 2.58. The van der Waals surface area contributed by atoms with E-state index in [2.05, 4.69) is 18.4 Å². The van der Waals surface area contributed by atoms with Gasteiger partial charge in [0.2, 0.25) is 0 Å². The Balaban J connectivity index is 2.56. The van der Waals surface area contributed by atoms with E-state index in [9.17, 15) is 5.11 Å². The van der Waals surface area contributed by atoms with E-state index in [1.54, 1.807) is 0 Å². The van der Waals surface area contributed by atoms with Gasteiger partial charge in [-0.2, -0.15) is 0 Å². The third-order valence-corrected chi connectivity index (χ3v) is 3.65. The molecular weight excluding hydrogens is 186 g/mol. The van der Waals surface area contributed by atoms with Crippen LogP contribution in [-0.2, 0) is 0 Å². The van der Waals surface area contributed by atoms with Crippen LogP contribution in [0.1, 0.15) is 46.0 Å². The Morgan fingerprint density at radius 1 is 1.33 bits per heavy atom. The minimum absolute atomic E-state index is 0.230. The van der Waals surface area contributed by atoms with E-state index in [1.807, 2.05) is 13.0 Å². The molecule has 0 aromatic heterocycles. The molecule has 0 radical (unpaired) electrons. The number of nitrogens with zero attached hydrogens (tertiary/aromatic N) is 1. The summed E-state index contributed by atoms with van der Waals surface area (Å²) in [4.78, 5) is 2.43. The Morgan fingerprint density at radius 3 is 2.33 bits per heavy atom. The SMILES string of the molecule is C=CC[C@](C)(O)[C@@H](C)N1CCCCCC1. The van der Waals surface area contributed by atoms with Crippen LogP contribution in [-0.4, -0.2) is 34.7 Å². The van der Waals surface area contributed by atoms with Gasteiger partial charge >= 0.3 is 0 Å². The van der Waals surface area contributed by atoms with E-state index < -0.39 is 5.60 Å². The van der Waals surface area contributed by atoms with Gasteiger partial charge in [-0.1, -0.05) is 18.9 Å². The van der Waals surface area contributed by atoms with Crippen LogP contribution in [0, 0.1) is 0 Å². The molecule has 88 valence electrons. The second-order valence-corrected chi connectivity index (χ2v) is 4.98. The van der Waals surface area contributed by atoms with Gasteiger partial charge in [-0.3, -0.25) is 4.90 Å². The summed E-state index contributed by atoms with van der Waals surface area (Å²) < 4.78 is 0. The summed E-state index contributed by atoms with van der Waals surface area (Å²) >= 11 is 0. The molecule has 0 spiro atoms. The van der Waals surface area contributed by atoms with Crippen LogP contribution in [0.3, 0.4) is 0 Å². The summed E-state index contributed by atoms with van der Waals surface area (Å²) in [5.74, 6) is 0. The van der Waals surface area contributed by atoms with Gasteiger partial charge in [0.15, 0.2) is 0 Å². The van der Waals surface area contributed by atoms with Crippen LogP contribution in [0.15, 0.2) is 12.7 Å². The van der Waals surface area contributed by atoms with E-state index in [-0.39, 0.29) is 6.04 Å². The first-order valence-corrected chi connectivity index (χ1v) is 6.15. The Labute approximate surface area is 94.0 Å². The van der Waals surface area contributed by atoms with Crippen molar-refractivity contribution in [2.75, 3.05) is 13.1 Å². The number of rotatable bonds is 4. The predicted molar refractivity (Wildman–Crippen MR) is 64.9 cm³/mol. The zero-order chi connectivity index (χ0) is 11.3.